The fraction of sp³-hybridized carbons (Fsp3) is 0.111. The molecule has 0 saturated carbocycles. The van der Waals surface area contributed by atoms with Crippen molar-refractivity contribution in [1.29, 1.82) is 0 Å². The van der Waals surface area contributed by atoms with Gasteiger partial charge in [0, 0.05) is 0 Å². The van der Waals surface area contributed by atoms with E-state index >= 15 is 0 Å². The Bertz CT molecular complexity index is 734. The monoisotopic (exact) mass is 246 g/mol. The Morgan fingerprint density at radius 2 is 1.79 bits per heavy atom. The normalized spacial score (nSPS) is 20.6. The van der Waals surface area contributed by atoms with Gasteiger partial charge in [-0.1, -0.05) is 54.6 Å². The molecule has 2 aromatic rings. The van der Waals surface area contributed by atoms with E-state index in [2.05, 4.69) is 66.8 Å². The maximum Gasteiger partial charge on any atom is 0.102 e. The number of ether oxygens (including phenoxy) is 1. The fourth-order valence-electron chi connectivity index (χ4n) is 2.83. The van der Waals surface area contributed by atoms with Crippen LogP contribution in [0.4, 0.5) is 0 Å². The molecule has 0 aromatic heterocycles. The summed E-state index contributed by atoms with van der Waals surface area (Å²) in [7, 11) is 0. The first kappa shape index (κ1) is 10.8. The van der Waals surface area contributed by atoms with Crippen LogP contribution < -0.4 is 0 Å². The standard InChI is InChI=1S/C18H14O/c1-2-8-16-17-11-14-7-5-4-6-13(14)10-15(17)12-19-18(16)9-3-1/h1-11,18H,12H2. The number of hydrogen-bond acceptors (Lipinski definition) is 1. The first-order chi connectivity index (χ1) is 9.42. The smallest absolute Gasteiger partial charge is 0.102 e. The molecule has 19 heavy (non-hydrogen) atoms. The Labute approximate surface area is 112 Å². The van der Waals surface area contributed by atoms with E-state index in [0.29, 0.717) is 6.61 Å². The van der Waals surface area contributed by atoms with Crippen LogP contribution in [0, 0.1) is 0 Å². The molecule has 2 aliphatic rings. The van der Waals surface area contributed by atoms with Gasteiger partial charge in [0.05, 0.1) is 6.61 Å². The van der Waals surface area contributed by atoms with Gasteiger partial charge in [0.15, 0.2) is 0 Å². The van der Waals surface area contributed by atoms with E-state index in [0.717, 1.165) is 0 Å². The van der Waals surface area contributed by atoms with E-state index in [1.165, 1.54) is 27.5 Å². The molecule has 0 amide bonds. The summed E-state index contributed by atoms with van der Waals surface area (Å²) in [4.78, 5) is 0. The molecule has 1 heterocycles. The molecule has 0 fully saturated rings. The second-order valence-corrected chi connectivity index (χ2v) is 4.98. The molecule has 1 nitrogen and oxygen atoms in total. The van der Waals surface area contributed by atoms with Crippen molar-refractivity contribution in [2.45, 2.75) is 12.7 Å². The van der Waals surface area contributed by atoms with Crippen LogP contribution in [0.2, 0.25) is 0 Å². The van der Waals surface area contributed by atoms with Gasteiger partial charge >= 0.3 is 0 Å². The Morgan fingerprint density at radius 1 is 0.947 bits per heavy atom. The third-order valence-corrected chi connectivity index (χ3v) is 3.79. The highest BCUT2D eigenvalue weighted by atomic mass is 16.5. The lowest BCUT2D eigenvalue weighted by Gasteiger charge is -2.26. The fourth-order valence-corrected chi connectivity index (χ4v) is 2.83. The molecule has 92 valence electrons. The molecule has 1 heteroatoms. The predicted octanol–water partition coefficient (Wildman–Crippen LogP) is 4.25. The summed E-state index contributed by atoms with van der Waals surface area (Å²) in [6.45, 7) is 0.687. The van der Waals surface area contributed by atoms with Crippen molar-refractivity contribution in [3.05, 3.63) is 77.9 Å². The van der Waals surface area contributed by atoms with Gasteiger partial charge in [0.2, 0.25) is 0 Å². The van der Waals surface area contributed by atoms with Crippen LogP contribution in [0.1, 0.15) is 11.1 Å². The van der Waals surface area contributed by atoms with Crippen molar-refractivity contribution in [1.82, 2.24) is 0 Å². The van der Waals surface area contributed by atoms with Gasteiger partial charge in [-0.2, -0.15) is 0 Å². The molecule has 0 bridgehead atoms. The topological polar surface area (TPSA) is 9.23 Å². The van der Waals surface area contributed by atoms with Gasteiger partial charge in [-0.05, 0) is 39.6 Å². The van der Waals surface area contributed by atoms with Crippen molar-refractivity contribution in [2.75, 3.05) is 0 Å². The first-order valence-electron chi connectivity index (χ1n) is 6.60. The Hall–Kier alpha value is -2.12. The number of fused-ring (bicyclic) bond motifs is 4. The Balaban J connectivity index is 1.97. The largest absolute Gasteiger partial charge is 0.365 e. The van der Waals surface area contributed by atoms with E-state index < -0.39 is 0 Å². The van der Waals surface area contributed by atoms with Crippen molar-refractivity contribution >= 4 is 16.3 Å². The van der Waals surface area contributed by atoms with Crippen LogP contribution in [0.25, 0.3) is 16.3 Å². The average Bonchev–Trinajstić information content (AvgIpc) is 2.70. The van der Waals surface area contributed by atoms with Gasteiger partial charge in [-0.15, -0.1) is 0 Å². The van der Waals surface area contributed by atoms with Crippen LogP contribution in [-0.2, 0) is 11.3 Å². The lowest BCUT2D eigenvalue weighted by atomic mass is 9.90. The minimum absolute atomic E-state index is 0.0867. The molecule has 2 aromatic carbocycles. The van der Waals surface area contributed by atoms with Crippen LogP contribution in [0.5, 0.6) is 0 Å². The van der Waals surface area contributed by atoms with Gasteiger partial charge in [-0.25, -0.2) is 0 Å². The SMILES string of the molecule is C1=CC=C2c3cc4ccccc4cc3COC2C=C1. The van der Waals surface area contributed by atoms with Crippen molar-refractivity contribution in [3.63, 3.8) is 0 Å². The van der Waals surface area contributed by atoms with E-state index in [1.807, 2.05) is 0 Å². The lowest BCUT2D eigenvalue weighted by Crippen LogP contribution is -2.19. The molecule has 0 radical (unpaired) electrons. The van der Waals surface area contributed by atoms with Crippen molar-refractivity contribution in [3.8, 4) is 0 Å². The summed E-state index contributed by atoms with van der Waals surface area (Å²) in [6, 6.07) is 13.0. The van der Waals surface area contributed by atoms with E-state index in [9.17, 15) is 0 Å². The van der Waals surface area contributed by atoms with Gasteiger partial charge in [-0.3, -0.25) is 0 Å². The molecule has 0 spiro atoms. The second-order valence-electron chi connectivity index (χ2n) is 4.98. The van der Waals surface area contributed by atoms with Crippen LogP contribution in [-0.4, -0.2) is 6.10 Å². The zero-order valence-corrected chi connectivity index (χ0v) is 10.5. The van der Waals surface area contributed by atoms with Crippen molar-refractivity contribution in [2.24, 2.45) is 0 Å². The Morgan fingerprint density at radius 3 is 2.68 bits per heavy atom. The van der Waals surface area contributed by atoms with Gasteiger partial charge in [0.1, 0.15) is 6.10 Å². The summed E-state index contributed by atoms with van der Waals surface area (Å²) in [5, 5.41) is 2.57. The highest BCUT2D eigenvalue weighted by molar-refractivity contribution is 5.89. The zero-order valence-electron chi connectivity index (χ0n) is 10.5. The Kier molecular flexibility index (Phi) is 2.39. The summed E-state index contributed by atoms with van der Waals surface area (Å²) in [5.74, 6) is 0. The lowest BCUT2D eigenvalue weighted by molar-refractivity contribution is 0.100. The molecule has 1 aliphatic carbocycles. The highest BCUT2D eigenvalue weighted by Gasteiger charge is 2.23. The third kappa shape index (κ3) is 1.74. The molecule has 1 atom stereocenters. The molecular formula is C18H14O. The minimum atomic E-state index is 0.0867. The quantitative estimate of drug-likeness (QED) is 0.675. The van der Waals surface area contributed by atoms with Crippen LogP contribution in [0.15, 0.2) is 66.8 Å². The summed E-state index contributed by atoms with van der Waals surface area (Å²) < 4.78 is 5.94. The number of benzene rings is 2. The summed E-state index contributed by atoms with van der Waals surface area (Å²) in [6.07, 6.45) is 10.6. The van der Waals surface area contributed by atoms with Gasteiger partial charge < -0.3 is 4.74 Å². The van der Waals surface area contributed by atoms with E-state index in [-0.39, 0.29) is 6.10 Å². The van der Waals surface area contributed by atoms with E-state index in [1.54, 1.807) is 0 Å². The first-order valence-corrected chi connectivity index (χ1v) is 6.60. The maximum atomic E-state index is 5.94. The molecule has 1 aliphatic heterocycles. The molecule has 4 rings (SSSR count). The predicted molar refractivity (Wildman–Crippen MR) is 78.8 cm³/mol. The number of hydrogen-bond donors (Lipinski definition) is 0. The third-order valence-electron chi connectivity index (χ3n) is 3.79. The highest BCUT2D eigenvalue weighted by Crippen LogP contribution is 2.34. The minimum Gasteiger partial charge on any atom is -0.365 e. The number of rotatable bonds is 0. The zero-order chi connectivity index (χ0) is 12.7. The van der Waals surface area contributed by atoms with Crippen molar-refractivity contribution < 1.29 is 4.74 Å². The van der Waals surface area contributed by atoms with Crippen LogP contribution in [0.3, 0.4) is 0 Å². The summed E-state index contributed by atoms with van der Waals surface area (Å²) in [5.41, 5.74) is 3.87. The van der Waals surface area contributed by atoms with Crippen LogP contribution >= 0.6 is 0 Å². The molecule has 0 N–H and O–H groups in total. The summed E-state index contributed by atoms with van der Waals surface area (Å²) >= 11 is 0. The average molecular weight is 246 g/mol. The molecular weight excluding hydrogens is 232 g/mol. The second kappa shape index (κ2) is 4.22. The van der Waals surface area contributed by atoms with Gasteiger partial charge in [0.25, 0.3) is 0 Å². The number of allylic oxidation sites excluding steroid dienone is 4. The van der Waals surface area contributed by atoms with E-state index in [4.69, 9.17) is 4.74 Å². The maximum absolute atomic E-state index is 5.94. The molecule has 1 unspecified atom stereocenters. The molecule has 0 saturated heterocycles.